The van der Waals surface area contributed by atoms with Gasteiger partial charge in [0.05, 0.1) is 16.3 Å². The molecule has 0 radical (unpaired) electrons. The van der Waals surface area contributed by atoms with Crippen LogP contribution >= 0.6 is 11.3 Å². The quantitative estimate of drug-likeness (QED) is 0.344. The highest BCUT2D eigenvalue weighted by Gasteiger charge is 2.27. The molecule has 1 saturated heterocycles. The van der Waals surface area contributed by atoms with Crippen molar-refractivity contribution in [3.05, 3.63) is 64.3 Å². The van der Waals surface area contributed by atoms with Crippen LogP contribution in [0, 0.1) is 6.92 Å². The lowest BCUT2D eigenvalue weighted by atomic mass is 10.1. The summed E-state index contributed by atoms with van der Waals surface area (Å²) < 4.78 is 29.7. The molecular formula is C26H33N3O2S2. The Balaban J connectivity index is 1.66. The van der Waals surface area contributed by atoms with Gasteiger partial charge in [-0.3, -0.25) is 0 Å². The minimum atomic E-state index is -3.40. The number of benzene rings is 2. The summed E-state index contributed by atoms with van der Waals surface area (Å²) in [6.07, 6.45) is 6.60. The van der Waals surface area contributed by atoms with Gasteiger partial charge in [0.2, 0.25) is 10.0 Å². The molecule has 7 heteroatoms. The Morgan fingerprint density at radius 2 is 1.64 bits per heavy atom. The molecule has 0 spiro atoms. The van der Waals surface area contributed by atoms with Crippen LogP contribution in [-0.4, -0.2) is 30.4 Å². The molecule has 0 unspecified atom stereocenters. The maximum atomic E-state index is 12.9. The molecule has 1 aliphatic rings. The average Bonchev–Trinajstić information content (AvgIpc) is 3.50. The smallest absolute Gasteiger partial charge is 0.243 e. The second-order valence-electron chi connectivity index (χ2n) is 8.70. The van der Waals surface area contributed by atoms with Crippen molar-refractivity contribution in [3.8, 4) is 11.3 Å². The van der Waals surface area contributed by atoms with E-state index in [2.05, 4.69) is 35.9 Å². The average molecular weight is 484 g/mol. The van der Waals surface area contributed by atoms with Gasteiger partial charge in [-0.1, -0.05) is 56.0 Å². The Labute approximate surface area is 201 Å². The zero-order valence-electron chi connectivity index (χ0n) is 19.5. The SMILES string of the molecule is CCCCCCn1c(-c2ccc(S(=O)(=O)N3CCCC3)cc2)csc1=Nc1ccc(C)cc1. The first-order valence-corrected chi connectivity index (χ1v) is 14.2. The van der Waals surface area contributed by atoms with Crippen molar-refractivity contribution < 1.29 is 8.42 Å². The van der Waals surface area contributed by atoms with Crippen LogP contribution in [0.25, 0.3) is 11.3 Å². The summed E-state index contributed by atoms with van der Waals surface area (Å²) in [4.78, 5) is 6.26. The van der Waals surface area contributed by atoms with E-state index in [0.717, 1.165) is 47.6 Å². The Kier molecular flexibility index (Phi) is 7.83. The molecule has 176 valence electrons. The van der Waals surface area contributed by atoms with Gasteiger partial charge in [-0.05, 0) is 56.0 Å². The van der Waals surface area contributed by atoms with Crippen molar-refractivity contribution in [2.75, 3.05) is 13.1 Å². The molecule has 3 aromatic rings. The predicted octanol–water partition coefficient (Wildman–Crippen LogP) is 6.12. The molecule has 33 heavy (non-hydrogen) atoms. The van der Waals surface area contributed by atoms with Crippen LogP contribution in [0.2, 0.25) is 0 Å². The standard InChI is InChI=1S/C26H33N3O2S2/c1-3-4-5-6-19-29-25(20-32-26(29)27-23-13-9-21(2)10-14-23)22-11-15-24(16-12-22)33(30,31)28-17-7-8-18-28/h9-16,20H,3-8,17-19H2,1-2H3. The normalized spacial score (nSPS) is 15.4. The summed E-state index contributed by atoms with van der Waals surface area (Å²) in [5, 5.41) is 2.14. The first-order chi connectivity index (χ1) is 16.0. The molecule has 0 atom stereocenters. The topological polar surface area (TPSA) is 54.7 Å². The molecule has 0 bridgehead atoms. The molecule has 4 rings (SSSR count). The van der Waals surface area contributed by atoms with E-state index >= 15 is 0 Å². The number of hydrogen-bond acceptors (Lipinski definition) is 4. The van der Waals surface area contributed by atoms with Gasteiger partial charge in [0.25, 0.3) is 0 Å². The molecular weight excluding hydrogens is 450 g/mol. The highest BCUT2D eigenvalue weighted by Crippen LogP contribution is 2.26. The van der Waals surface area contributed by atoms with Gasteiger partial charge in [-0.25, -0.2) is 13.4 Å². The second-order valence-corrected chi connectivity index (χ2v) is 11.5. The van der Waals surface area contributed by atoms with E-state index in [9.17, 15) is 8.42 Å². The Morgan fingerprint density at radius 1 is 0.939 bits per heavy atom. The van der Waals surface area contributed by atoms with Crippen LogP contribution in [-0.2, 0) is 16.6 Å². The third kappa shape index (κ3) is 5.65. The van der Waals surface area contributed by atoms with Crippen molar-refractivity contribution in [2.45, 2.75) is 63.8 Å². The van der Waals surface area contributed by atoms with Crippen LogP contribution in [0.3, 0.4) is 0 Å². The summed E-state index contributed by atoms with van der Waals surface area (Å²) >= 11 is 1.63. The zero-order valence-corrected chi connectivity index (χ0v) is 21.2. The Hall–Kier alpha value is -2.22. The molecule has 0 amide bonds. The van der Waals surface area contributed by atoms with Crippen molar-refractivity contribution in [2.24, 2.45) is 4.99 Å². The van der Waals surface area contributed by atoms with Gasteiger partial charge in [0.15, 0.2) is 4.80 Å². The lowest BCUT2D eigenvalue weighted by molar-refractivity contribution is 0.477. The van der Waals surface area contributed by atoms with Gasteiger partial charge in [-0.15, -0.1) is 11.3 Å². The Bertz CT molecular complexity index is 1220. The van der Waals surface area contributed by atoms with Crippen LogP contribution in [0.15, 0.2) is 63.8 Å². The van der Waals surface area contributed by atoms with Crippen LogP contribution in [0.5, 0.6) is 0 Å². The summed E-state index contributed by atoms with van der Waals surface area (Å²) in [6.45, 7) is 6.44. The lowest BCUT2D eigenvalue weighted by Crippen LogP contribution is -2.27. The number of aryl methyl sites for hydroxylation is 1. The summed E-state index contributed by atoms with van der Waals surface area (Å²) in [5.41, 5.74) is 4.28. The van der Waals surface area contributed by atoms with Crippen molar-refractivity contribution in [3.63, 3.8) is 0 Å². The van der Waals surface area contributed by atoms with E-state index in [1.54, 1.807) is 27.8 Å². The largest absolute Gasteiger partial charge is 0.316 e. The van der Waals surface area contributed by atoms with Crippen LogP contribution in [0.4, 0.5) is 5.69 Å². The number of nitrogens with zero attached hydrogens (tertiary/aromatic N) is 3. The highest BCUT2D eigenvalue weighted by atomic mass is 32.2. The van der Waals surface area contributed by atoms with Gasteiger partial charge >= 0.3 is 0 Å². The number of unbranched alkanes of at least 4 members (excludes halogenated alkanes) is 3. The molecule has 0 saturated carbocycles. The van der Waals surface area contributed by atoms with E-state index in [0.29, 0.717) is 18.0 Å². The number of rotatable bonds is 9. The van der Waals surface area contributed by atoms with Crippen molar-refractivity contribution >= 4 is 27.0 Å². The fourth-order valence-corrected chi connectivity index (χ4v) is 6.64. The van der Waals surface area contributed by atoms with Gasteiger partial charge in [0.1, 0.15) is 0 Å². The molecule has 5 nitrogen and oxygen atoms in total. The van der Waals surface area contributed by atoms with Crippen molar-refractivity contribution in [1.82, 2.24) is 8.87 Å². The van der Waals surface area contributed by atoms with Crippen molar-refractivity contribution in [1.29, 1.82) is 0 Å². The Morgan fingerprint density at radius 3 is 2.30 bits per heavy atom. The zero-order chi connectivity index (χ0) is 23.3. The molecule has 2 aromatic carbocycles. The molecule has 1 aliphatic heterocycles. The summed E-state index contributed by atoms with van der Waals surface area (Å²) in [7, 11) is -3.40. The monoisotopic (exact) mass is 483 g/mol. The van der Waals surface area contributed by atoms with E-state index < -0.39 is 10.0 Å². The maximum absolute atomic E-state index is 12.9. The predicted molar refractivity (Wildman–Crippen MR) is 136 cm³/mol. The van der Waals surface area contributed by atoms with E-state index in [1.165, 1.54) is 24.8 Å². The van der Waals surface area contributed by atoms with E-state index in [-0.39, 0.29) is 0 Å². The van der Waals surface area contributed by atoms with Gasteiger partial charge < -0.3 is 4.57 Å². The molecule has 0 N–H and O–H groups in total. The highest BCUT2D eigenvalue weighted by molar-refractivity contribution is 7.89. The lowest BCUT2D eigenvalue weighted by Gasteiger charge is -2.16. The minimum Gasteiger partial charge on any atom is -0.316 e. The minimum absolute atomic E-state index is 0.377. The molecule has 2 heterocycles. The van der Waals surface area contributed by atoms with Crippen LogP contribution in [0.1, 0.15) is 51.0 Å². The maximum Gasteiger partial charge on any atom is 0.243 e. The first kappa shape index (κ1) is 23.9. The number of aromatic nitrogens is 1. The first-order valence-electron chi connectivity index (χ1n) is 11.9. The van der Waals surface area contributed by atoms with E-state index in [1.807, 2.05) is 24.3 Å². The fourth-order valence-electron chi connectivity index (χ4n) is 4.17. The fraction of sp³-hybridized carbons (Fsp3) is 0.423. The second kappa shape index (κ2) is 10.8. The van der Waals surface area contributed by atoms with Crippen LogP contribution < -0.4 is 4.80 Å². The third-order valence-corrected chi connectivity index (χ3v) is 8.92. The number of sulfonamides is 1. The number of thiazole rings is 1. The molecule has 1 fully saturated rings. The number of hydrogen-bond donors (Lipinski definition) is 0. The molecule has 0 aliphatic carbocycles. The van der Waals surface area contributed by atoms with Gasteiger partial charge in [-0.2, -0.15) is 4.31 Å². The summed E-state index contributed by atoms with van der Waals surface area (Å²) in [6, 6.07) is 15.6. The third-order valence-electron chi connectivity index (χ3n) is 6.14. The summed E-state index contributed by atoms with van der Waals surface area (Å²) in [5.74, 6) is 0. The molecule has 1 aromatic heterocycles. The van der Waals surface area contributed by atoms with E-state index in [4.69, 9.17) is 4.99 Å². The van der Waals surface area contributed by atoms with Gasteiger partial charge in [0, 0.05) is 25.0 Å².